The molecule has 0 saturated heterocycles. The number of anilines is 4. The summed E-state index contributed by atoms with van der Waals surface area (Å²) in [6.45, 7) is 5.01. The summed E-state index contributed by atoms with van der Waals surface area (Å²) in [4.78, 5) is 152. The summed E-state index contributed by atoms with van der Waals surface area (Å²) in [5.41, 5.74) is -30.3. The van der Waals surface area contributed by atoms with Crippen molar-refractivity contribution in [1.29, 1.82) is 0 Å². The maximum absolute atomic E-state index is 15.0. The second kappa shape index (κ2) is 49.7. The lowest BCUT2D eigenvalue weighted by molar-refractivity contribution is -0.349. The molecule has 0 saturated carbocycles. The highest BCUT2D eigenvalue weighted by Crippen LogP contribution is 2.59. The molecule has 0 unspecified atom stereocenters. The van der Waals surface area contributed by atoms with Gasteiger partial charge in [-0.1, -0.05) is 54.6 Å². The van der Waals surface area contributed by atoms with Crippen LogP contribution in [0.25, 0.3) is 0 Å². The van der Waals surface area contributed by atoms with E-state index in [4.69, 9.17) is 0 Å². The Bertz CT molecular complexity index is 6030. The van der Waals surface area contributed by atoms with E-state index in [-0.39, 0.29) is 114 Å². The number of halogens is 36. The monoisotopic (exact) mass is 2530 g/mol. The third kappa shape index (κ3) is 29.7. The molecule has 0 aliphatic heterocycles. The number of nitrogens with zero attached hydrogens (tertiary/aromatic N) is 4. The molecule has 0 bridgehead atoms. The van der Waals surface area contributed by atoms with Crippen molar-refractivity contribution < 1.29 is 194 Å². The van der Waals surface area contributed by atoms with E-state index in [9.17, 15) is 189 Å². The number of nitrogens with one attached hydrogen (secondary N) is 4. The van der Waals surface area contributed by atoms with Crippen LogP contribution in [0.2, 0.25) is 0 Å². The van der Waals surface area contributed by atoms with E-state index >= 15 is 0 Å². The molecule has 0 heterocycles. The number of aryl methyl sites for hydroxylation is 1. The van der Waals surface area contributed by atoms with Gasteiger partial charge in [0.2, 0.25) is 23.1 Å². The molecule has 8 aromatic carbocycles. The number of carbonyl (C=O) groups excluding carboxylic acids is 12. The average molecular weight is 2540 g/mol. The Balaban J connectivity index is 0.000000347. The van der Waals surface area contributed by atoms with Gasteiger partial charge in [0, 0.05) is 140 Å². The van der Waals surface area contributed by atoms with Gasteiger partial charge in [-0.3, -0.25) is 57.5 Å². The van der Waals surface area contributed by atoms with Gasteiger partial charge in [-0.2, -0.15) is 114 Å². The van der Waals surface area contributed by atoms with Crippen LogP contribution in [0.4, 0.5) is 154 Å². The molecule has 0 aliphatic carbocycles. The van der Waals surface area contributed by atoms with E-state index in [0.717, 1.165) is 24.0 Å². The first-order valence-electron chi connectivity index (χ1n) is 41.2. The van der Waals surface area contributed by atoms with Crippen molar-refractivity contribution in [2.45, 2.75) is 146 Å². The predicted octanol–water partition coefficient (Wildman–Crippen LogP) is 25.0. The number of benzene rings is 8. The van der Waals surface area contributed by atoms with E-state index in [2.05, 4.69) is 122 Å². The Kier molecular flexibility index (Phi) is 42.7. The lowest BCUT2D eigenvalue weighted by Gasteiger charge is -2.35. The number of ether oxygens (including phenoxy) is 1. The van der Waals surface area contributed by atoms with Gasteiger partial charge in [-0.05, 0) is 255 Å². The zero-order valence-corrected chi connectivity index (χ0v) is 86.2. The smallest absolute Gasteiger partial charge is 0.433 e. The molecule has 0 atom stereocenters. The maximum Gasteiger partial charge on any atom is 0.435 e. The van der Waals surface area contributed by atoms with Crippen molar-refractivity contribution in [3.63, 3.8) is 0 Å². The number of hydrogen-bond acceptors (Lipinski definition) is 13. The Hall–Kier alpha value is -11.2. The molecule has 0 aromatic heterocycles. The van der Waals surface area contributed by atoms with Gasteiger partial charge in [0.05, 0.1) is 28.3 Å². The second-order valence-electron chi connectivity index (χ2n) is 31.4. The van der Waals surface area contributed by atoms with Gasteiger partial charge in [0.1, 0.15) is 5.82 Å². The summed E-state index contributed by atoms with van der Waals surface area (Å²) < 4.78 is 402. The van der Waals surface area contributed by atoms with Crippen LogP contribution in [-0.2, 0) is 86.5 Å². The number of amides is 8. The fourth-order valence-electron chi connectivity index (χ4n) is 12.6. The number of Topliss-reactive ketones (excluding diaryl/α,β-unsaturated/α-hetero) is 4. The number of rotatable bonds is 30. The first kappa shape index (κ1) is 127. The lowest BCUT2D eigenvalue weighted by atomic mass is 9.80. The van der Waals surface area contributed by atoms with Crippen LogP contribution in [0.5, 0.6) is 5.75 Å². The van der Waals surface area contributed by atoms with Crippen molar-refractivity contribution in [3.05, 3.63) is 245 Å². The van der Waals surface area contributed by atoms with E-state index in [1.807, 2.05) is 0 Å². The molecule has 8 rings (SSSR count). The molecule has 0 radical (unpaired) electrons. The minimum atomic E-state index is -6.36. The summed E-state index contributed by atoms with van der Waals surface area (Å²) in [5, 5.41) is 8.88. The fraction of sp³-hybridized carbons (Fsp3) is 0.341. The number of likely N-dealkylation sites (N-methyl/N-ethyl adjacent to an activating group) is 4. The molecule has 57 heteroatoms. The van der Waals surface area contributed by atoms with E-state index in [1.54, 1.807) is 27.7 Å². The predicted molar refractivity (Wildman–Crippen MR) is 493 cm³/mol. The summed E-state index contributed by atoms with van der Waals surface area (Å²) in [6.07, 6.45) is -51.3. The van der Waals surface area contributed by atoms with Gasteiger partial charge in [-0.15, -0.1) is 0 Å². The quantitative estimate of drug-likeness (QED) is 0.0241. The topological polar surface area (TPSA) is 275 Å². The van der Waals surface area contributed by atoms with Gasteiger partial charge in [0.15, 0.2) is 11.2 Å². The third-order valence-corrected chi connectivity index (χ3v) is 25.2. The molecule has 8 amide bonds. The first-order chi connectivity index (χ1) is 67.6. The molecule has 0 fully saturated rings. The van der Waals surface area contributed by atoms with Crippen molar-refractivity contribution in [2.75, 3.05) is 75.6 Å². The maximum atomic E-state index is 15.0. The highest BCUT2D eigenvalue weighted by Gasteiger charge is 2.76. The summed E-state index contributed by atoms with van der Waals surface area (Å²) >= 11 is 16.5. The molecule has 8 aromatic rings. The average Bonchev–Trinajstić information content (AvgIpc) is 0.750. The van der Waals surface area contributed by atoms with Gasteiger partial charge in [0.25, 0.3) is 47.3 Å². The Labute approximate surface area is 868 Å². The molecule has 808 valence electrons. The van der Waals surface area contributed by atoms with Gasteiger partial charge >= 0.3 is 73.0 Å². The molecule has 21 nitrogen and oxygen atoms in total. The number of alkyl halides is 29. The van der Waals surface area contributed by atoms with Crippen LogP contribution in [0, 0.1) is 12.7 Å². The van der Waals surface area contributed by atoms with Crippen LogP contribution in [0.3, 0.4) is 0 Å². The number of hydrogen-bond donors (Lipinski definition) is 4. The van der Waals surface area contributed by atoms with Crippen LogP contribution < -0.4 is 26.0 Å². The van der Waals surface area contributed by atoms with Crippen molar-refractivity contribution >= 4 is 189 Å². The highest BCUT2D eigenvalue weighted by atomic mass is 79.9. The van der Waals surface area contributed by atoms with E-state index in [0.29, 0.717) is 42.4 Å². The van der Waals surface area contributed by atoms with Gasteiger partial charge in [-0.25, -0.2) is 17.6 Å². The summed E-state index contributed by atoms with van der Waals surface area (Å²) in [5.74, 6) is -12.5. The third-order valence-electron chi connectivity index (χ3n) is 21.4. The number of ketones is 4. The zero-order valence-electron chi connectivity index (χ0n) is 76.7. The molecule has 0 spiro atoms. The van der Waals surface area contributed by atoms with Crippen LogP contribution >= 0.6 is 95.6 Å². The summed E-state index contributed by atoms with van der Waals surface area (Å²) in [7, 11) is 5.67. The van der Waals surface area contributed by atoms with E-state index < -0.39 is 233 Å². The standard InChI is InChI=1S/C24H21BrF8N2O4.C23H20BrF7N2O3.C22H16Br2F8N2O3.C22H17Br2F7N2O3/c1-4-35(3)20(38)16(36)9-12-6-5-7-13(8-12)19(37)34-18-15(25)10-14(11-17(18)39-21(26)27)22(2,23(28,29)30)24(31,32)33;1-4-33(3)20(36)17(34)10-13-6-5-7-14(9-13)19(35)32-18-12(2)8-15(11-16(18)24)21(25,22(26,27)28)23(29,30)31;1-3-34(2)19(37)15(35)7-10-5-4-6-12(16(10)25)18(36)33-17-13(23)8-11(9-14(17)24)20(26,21(27,28)29)22(30,31)32;1-3-33(2)19(36)16(34)8-11-5-4-6-12(7-11)18(35)32-17-14(23)9-13(10-15(17)24)20(25,21(26,27)28)22(29,30)31/h5-8,10-11,21H,4,9H2,1-3H3,(H,34,37);5-9,11H,4,10H2,1-3H3,(H,32,35);4-6,8-9H,3,7H2,1-2H3,(H,33,36);4-7,9-10H,3,8H2,1-2H3,(H,32,35). The Morgan fingerprint density at radius 3 is 0.845 bits per heavy atom. The minimum Gasteiger partial charge on any atom is -0.433 e. The molecule has 0 aliphatic rings. The normalized spacial score (nSPS) is 12.3. The molecular weight excluding hydrogens is 2460 g/mol. The SMILES string of the molecule is CCN(C)C(=O)C(=O)Cc1cccc(C(=O)Nc2c(Br)cc(C(C)(C(F)(F)F)C(F)(F)F)cc2OC(F)F)c1.CCN(C)C(=O)C(=O)Cc1cccc(C(=O)Nc2c(Br)cc(C(F)(C(F)(F)F)C(F)(F)F)cc2Br)c1.CCN(C)C(=O)C(=O)Cc1cccc(C(=O)Nc2c(Br)cc(C(F)(C(F)(F)F)C(F)(F)F)cc2Br)c1F.CCN(C)C(=O)C(=O)Cc1cccc(C(=O)Nc2c(C)cc(C(F)(C(F)(F)F)C(F)(F)F)cc2Br)c1. The molecular formula is C91H74Br6F30N8O13. The second-order valence-corrected chi connectivity index (χ2v) is 36.6. The number of carbonyl (C=O) groups is 12. The minimum absolute atomic E-state index is 0.00241. The lowest BCUT2D eigenvalue weighted by Crippen LogP contribution is -2.51. The van der Waals surface area contributed by atoms with Crippen LogP contribution in [0.15, 0.2) is 166 Å². The first-order valence-corrected chi connectivity index (χ1v) is 45.9. The highest BCUT2D eigenvalue weighted by molar-refractivity contribution is 9.11. The van der Waals surface area contributed by atoms with Crippen LogP contribution in [0.1, 0.15) is 126 Å². The molecule has 4 N–H and O–H groups in total. The van der Waals surface area contributed by atoms with Crippen LogP contribution in [-0.4, -0.2) is 200 Å². The van der Waals surface area contributed by atoms with E-state index in [1.165, 1.54) is 122 Å². The largest absolute Gasteiger partial charge is 0.435 e. The fourth-order valence-corrected chi connectivity index (χ4v) is 16.5. The Morgan fingerprint density at radius 2 is 0.568 bits per heavy atom. The summed E-state index contributed by atoms with van der Waals surface area (Å²) in [6, 6.07) is 21.8. The Morgan fingerprint density at radius 1 is 0.318 bits per heavy atom. The van der Waals surface area contributed by atoms with Gasteiger partial charge < -0.3 is 45.6 Å². The van der Waals surface area contributed by atoms with Crippen molar-refractivity contribution in [3.8, 4) is 5.75 Å². The zero-order chi connectivity index (χ0) is 114. The van der Waals surface area contributed by atoms with Crippen molar-refractivity contribution in [1.82, 2.24) is 19.6 Å². The van der Waals surface area contributed by atoms with Crippen molar-refractivity contribution in [2.24, 2.45) is 0 Å². The molecule has 148 heavy (non-hydrogen) atoms.